The van der Waals surface area contributed by atoms with Gasteiger partial charge in [-0.2, -0.15) is 13.2 Å². The van der Waals surface area contributed by atoms with Crippen LogP contribution in [-0.4, -0.2) is 60.4 Å². The molecule has 0 saturated carbocycles. The van der Waals surface area contributed by atoms with Crippen molar-refractivity contribution in [3.8, 4) is 0 Å². The van der Waals surface area contributed by atoms with Crippen molar-refractivity contribution in [3.63, 3.8) is 0 Å². The van der Waals surface area contributed by atoms with E-state index in [4.69, 9.17) is 0 Å². The summed E-state index contributed by atoms with van der Waals surface area (Å²) in [6.07, 6.45) is -4.65. The number of carbonyl (C=O) groups excluding carboxylic acids is 1. The van der Waals surface area contributed by atoms with Crippen LogP contribution in [0.3, 0.4) is 0 Å². The van der Waals surface area contributed by atoms with E-state index in [1.165, 1.54) is 0 Å². The van der Waals surface area contributed by atoms with Gasteiger partial charge in [0.05, 0.1) is 23.1 Å². The minimum absolute atomic E-state index is 0.0460. The summed E-state index contributed by atoms with van der Waals surface area (Å²) in [5.74, 6) is -0.0460. The van der Waals surface area contributed by atoms with Gasteiger partial charge in [-0.15, -0.1) is 0 Å². The minimum atomic E-state index is -4.65. The quantitative estimate of drug-likeness (QED) is 0.492. The monoisotopic (exact) mass is 450 g/mol. The van der Waals surface area contributed by atoms with Crippen molar-refractivity contribution in [2.24, 2.45) is 0 Å². The first kappa shape index (κ1) is 23.5. The molecule has 10 heteroatoms. The van der Waals surface area contributed by atoms with Crippen molar-refractivity contribution in [2.75, 3.05) is 44.7 Å². The molecule has 1 aliphatic heterocycles. The van der Waals surface area contributed by atoms with E-state index in [-0.39, 0.29) is 24.2 Å². The first-order valence-corrected chi connectivity index (χ1v) is 10.2. The van der Waals surface area contributed by atoms with Crippen LogP contribution in [-0.2, 0) is 11.0 Å². The van der Waals surface area contributed by atoms with Gasteiger partial charge in [-0.1, -0.05) is 30.3 Å². The van der Waals surface area contributed by atoms with Crippen LogP contribution in [0.2, 0.25) is 0 Å². The number of piperazine rings is 1. The van der Waals surface area contributed by atoms with Crippen molar-refractivity contribution in [2.45, 2.75) is 19.1 Å². The zero-order chi connectivity index (χ0) is 23.5. The van der Waals surface area contributed by atoms with Crippen LogP contribution in [0.4, 0.5) is 24.5 Å². The summed E-state index contributed by atoms with van der Waals surface area (Å²) >= 11 is 0. The average Bonchev–Trinajstić information content (AvgIpc) is 2.78. The lowest BCUT2D eigenvalue weighted by Crippen LogP contribution is -2.50. The van der Waals surface area contributed by atoms with E-state index in [1.807, 2.05) is 42.2 Å². The fraction of sp³-hybridized carbons (Fsp3) is 0.409. The summed E-state index contributed by atoms with van der Waals surface area (Å²) in [6.45, 7) is 3.84. The third-order valence-electron chi connectivity index (χ3n) is 5.83. The van der Waals surface area contributed by atoms with Crippen molar-refractivity contribution >= 4 is 17.3 Å². The second kappa shape index (κ2) is 9.56. The largest absolute Gasteiger partial charge is 0.416 e. The third kappa shape index (κ3) is 5.37. The lowest BCUT2D eigenvalue weighted by Gasteiger charge is -2.36. The third-order valence-corrected chi connectivity index (χ3v) is 5.83. The number of hydrogen-bond donors (Lipinski definition) is 0. The molecule has 1 heterocycles. The lowest BCUT2D eigenvalue weighted by atomic mass is 10.1. The van der Waals surface area contributed by atoms with Crippen molar-refractivity contribution in [3.05, 3.63) is 69.8 Å². The van der Waals surface area contributed by atoms with E-state index < -0.39 is 22.4 Å². The van der Waals surface area contributed by atoms with Gasteiger partial charge in [-0.25, -0.2) is 0 Å². The molecule has 3 rings (SSSR count). The number of carbonyl (C=O) groups is 1. The van der Waals surface area contributed by atoms with Gasteiger partial charge in [0.25, 0.3) is 5.69 Å². The Labute approximate surface area is 184 Å². The number of nitrogens with zero attached hydrogens (tertiary/aromatic N) is 4. The van der Waals surface area contributed by atoms with Crippen LogP contribution in [0, 0.1) is 10.1 Å². The molecule has 0 aliphatic carbocycles. The highest BCUT2D eigenvalue weighted by Gasteiger charge is 2.34. The Balaban J connectivity index is 1.62. The van der Waals surface area contributed by atoms with Crippen LogP contribution >= 0.6 is 0 Å². The molecule has 0 aromatic heterocycles. The number of rotatable bonds is 6. The second-order valence-corrected chi connectivity index (χ2v) is 7.81. The SMILES string of the molecule is CC(c1ccccc1)N(C)C(=O)CN1CCN(c2ccc(C(F)(F)F)cc2[N+](=O)[O-])CC1. The number of hydrogen-bond acceptors (Lipinski definition) is 5. The van der Waals surface area contributed by atoms with Gasteiger partial charge in [0.2, 0.25) is 5.91 Å². The average molecular weight is 450 g/mol. The van der Waals surface area contributed by atoms with E-state index in [2.05, 4.69) is 0 Å². The molecule has 1 unspecified atom stereocenters. The number of amides is 1. The number of anilines is 1. The molecule has 2 aromatic carbocycles. The summed E-state index contributed by atoms with van der Waals surface area (Å²) in [7, 11) is 1.75. The Hall–Kier alpha value is -3.14. The van der Waals surface area contributed by atoms with Crippen molar-refractivity contribution < 1.29 is 22.9 Å². The maximum atomic E-state index is 12.9. The summed E-state index contributed by atoms with van der Waals surface area (Å²) < 4.78 is 38.8. The second-order valence-electron chi connectivity index (χ2n) is 7.81. The summed E-state index contributed by atoms with van der Waals surface area (Å²) in [5, 5.41) is 11.4. The maximum Gasteiger partial charge on any atom is 0.416 e. The lowest BCUT2D eigenvalue weighted by molar-refractivity contribution is -0.384. The number of halogens is 3. The van der Waals surface area contributed by atoms with Gasteiger partial charge in [-0.05, 0) is 24.6 Å². The molecule has 1 fully saturated rings. The molecule has 2 aromatic rings. The molecule has 0 radical (unpaired) electrons. The molecule has 0 N–H and O–H groups in total. The number of nitro benzene ring substituents is 1. The fourth-order valence-electron chi connectivity index (χ4n) is 3.73. The predicted octanol–water partition coefficient (Wildman–Crippen LogP) is 3.96. The summed E-state index contributed by atoms with van der Waals surface area (Å²) in [4.78, 5) is 28.6. The van der Waals surface area contributed by atoms with Crippen molar-refractivity contribution in [1.82, 2.24) is 9.80 Å². The molecule has 1 saturated heterocycles. The van der Waals surface area contributed by atoms with Crippen LogP contribution in [0.5, 0.6) is 0 Å². The fourth-order valence-corrected chi connectivity index (χ4v) is 3.73. The molecule has 172 valence electrons. The molecule has 1 amide bonds. The molecule has 0 bridgehead atoms. The highest BCUT2D eigenvalue weighted by Crippen LogP contribution is 2.36. The van der Waals surface area contributed by atoms with E-state index >= 15 is 0 Å². The van der Waals surface area contributed by atoms with Gasteiger partial charge in [0.15, 0.2) is 0 Å². The van der Waals surface area contributed by atoms with Gasteiger partial charge in [0.1, 0.15) is 5.69 Å². The number of nitro groups is 1. The smallest absolute Gasteiger partial charge is 0.363 e. The maximum absolute atomic E-state index is 12.9. The zero-order valence-corrected chi connectivity index (χ0v) is 17.9. The van der Waals surface area contributed by atoms with Crippen LogP contribution < -0.4 is 4.90 Å². The van der Waals surface area contributed by atoms with Crippen LogP contribution in [0.15, 0.2) is 48.5 Å². The Morgan fingerprint density at radius 1 is 1.12 bits per heavy atom. The van der Waals surface area contributed by atoms with Gasteiger partial charge in [0, 0.05) is 39.3 Å². The Morgan fingerprint density at radius 2 is 1.75 bits per heavy atom. The van der Waals surface area contributed by atoms with Gasteiger partial charge >= 0.3 is 6.18 Å². The number of likely N-dealkylation sites (N-methyl/N-ethyl adjacent to an activating group) is 1. The van der Waals surface area contributed by atoms with Gasteiger partial charge in [-0.3, -0.25) is 19.8 Å². The highest BCUT2D eigenvalue weighted by atomic mass is 19.4. The first-order valence-electron chi connectivity index (χ1n) is 10.2. The van der Waals surface area contributed by atoms with E-state index in [0.29, 0.717) is 32.2 Å². The number of benzene rings is 2. The highest BCUT2D eigenvalue weighted by molar-refractivity contribution is 5.78. The van der Waals surface area contributed by atoms with E-state index in [9.17, 15) is 28.1 Å². The van der Waals surface area contributed by atoms with E-state index in [0.717, 1.165) is 17.7 Å². The standard InChI is InChI=1S/C22H25F3N4O3/c1-16(17-6-4-3-5-7-17)26(2)21(30)15-27-10-12-28(13-11-27)19-9-8-18(22(23,24)25)14-20(19)29(31)32/h3-9,14,16H,10-13,15H2,1-2H3. The van der Waals surface area contributed by atoms with Crippen LogP contribution in [0.25, 0.3) is 0 Å². The molecule has 1 atom stereocenters. The molecule has 7 nitrogen and oxygen atoms in total. The summed E-state index contributed by atoms with van der Waals surface area (Å²) in [5.41, 5.74) is -0.430. The molecule has 32 heavy (non-hydrogen) atoms. The normalized spacial score (nSPS) is 16.0. The predicted molar refractivity (Wildman–Crippen MR) is 114 cm³/mol. The zero-order valence-electron chi connectivity index (χ0n) is 17.9. The van der Waals surface area contributed by atoms with Crippen LogP contribution in [0.1, 0.15) is 24.1 Å². The molecular weight excluding hydrogens is 425 g/mol. The first-order chi connectivity index (χ1) is 15.1. The Kier molecular flexibility index (Phi) is 7.02. The topological polar surface area (TPSA) is 69.9 Å². The minimum Gasteiger partial charge on any atom is -0.363 e. The van der Waals surface area contributed by atoms with E-state index in [1.54, 1.807) is 16.8 Å². The molecular formula is C22H25F3N4O3. The Bertz CT molecular complexity index is 961. The van der Waals surface area contributed by atoms with Gasteiger partial charge < -0.3 is 9.80 Å². The Morgan fingerprint density at radius 3 is 2.31 bits per heavy atom. The summed E-state index contributed by atoms with van der Waals surface area (Å²) in [6, 6.07) is 12.2. The molecule has 0 spiro atoms. The van der Waals surface area contributed by atoms with Crippen molar-refractivity contribution in [1.29, 1.82) is 0 Å². The number of alkyl halides is 3. The molecule has 1 aliphatic rings.